The molecule has 0 aliphatic heterocycles. The zero-order chi connectivity index (χ0) is 11.4. The van der Waals surface area contributed by atoms with E-state index < -0.39 is 10.8 Å². The number of aromatic nitrogens is 2. The van der Waals surface area contributed by atoms with Gasteiger partial charge in [0, 0.05) is 40.6 Å². The largest absolute Gasteiger partial charge is 0.368 e. The summed E-state index contributed by atoms with van der Waals surface area (Å²) in [6, 6.07) is 1.91. The van der Waals surface area contributed by atoms with Crippen LogP contribution in [0.1, 0.15) is 12.6 Å². The van der Waals surface area contributed by atoms with Crippen molar-refractivity contribution in [3.8, 4) is 0 Å². The van der Waals surface area contributed by atoms with Gasteiger partial charge in [0.2, 0.25) is 5.95 Å². The lowest BCUT2D eigenvalue weighted by molar-refractivity contribution is 0.683. The average Bonchev–Trinajstić information content (AvgIpc) is 1.98. The Balaban J connectivity index is 2.67. The number of aryl methyl sites for hydroxylation is 1. The van der Waals surface area contributed by atoms with Gasteiger partial charge < -0.3 is 11.1 Å². The van der Waals surface area contributed by atoms with Gasteiger partial charge in [0.1, 0.15) is 5.82 Å². The van der Waals surface area contributed by atoms with Crippen LogP contribution in [0.2, 0.25) is 0 Å². The minimum atomic E-state index is -0.817. The molecule has 0 saturated carbocycles. The Kier molecular flexibility index (Phi) is 4.02. The molecule has 1 rings (SSSR count). The van der Waals surface area contributed by atoms with Gasteiger partial charge in [0.25, 0.3) is 0 Å². The van der Waals surface area contributed by atoms with E-state index in [1.165, 1.54) is 0 Å². The number of anilines is 2. The Labute approximate surface area is 92.0 Å². The van der Waals surface area contributed by atoms with Crippen molar-refractivity contribution in [2.45, 2.75) is 19.9 Å². The quantitative estimate of drug-likeness (QED) is 0.786. The van der Waals surface area contributed by atoms with Crippen LogP contribution in [0, 0.1) is 6.92 Å². The highest BCUT2D eigenvalue weighted by atomic mass is 32.2. The fourth-order valence-corrected chi connectivity index (χ4v) is 2.10. The van der Waals surface area contributed by atoms with E-state index in [1.54, 1.807) is 6.26 Å². The molecule has 84 valence electrons. The number of nitrogens with one attached hydrogen (secondary N) is 1. The molecule has 5 nitrogen and oxygen atoms in total. The third-order valence-corrected chi connectivity index (χ3v) is 2.72. The van der Waals surface area contributed by atoms with Crippen LogP contribution >= 0.6 is 0 Å². The van der Waals surface area contributed by atoms with E-state index in [0.717, 1.165) is 5.69 Å². The van der Waals surface area contributed by atoms with E-state index in [2.05, 4.69) is 15.3 Å². The van der Waals surface area contributed by atoms with E-state index in [4.69, 9.17) is 5.73 Å². The molecule has 0 bridgehead atoms. The maximum absolute atomic E-state index is 11.0. The lowest BCUT2D eigenvalue weighted by Gasteiger charge is -2.13. The topological polar surface area (TPSA) is 80.9 Å². The first-order chi connectivity index (χ1) is 6.97. The summed E-state index contributed by atoms with van der Waals surface area (Å²) >= 11 is 0. The molecule has 0 aliphatic carbocycles. The summed E-state index contributed by atoms with van der Waals surface area (Å²) in [5.74, 6) is 1.52. The van der Waals surface area contributed by atoms with Crippen molar-refractivity contribution in [2.24, 2.45) is 0 Å². The Morgan fingerprint density at radius 2 is 2.27 bits per heavy atom. The Hall–Kier alpha value is -1.17. The predicted molar refractivity (Wildman–Crippen MR) is 63.2 cm³/mol. The van der Waals surface area contributed by atoms with E-state index in [1.807, 2.05) is 19.9 Å². The Morgan fingerprint density at radius 1 is 1.60 bits per heavy atom. The highest BCUT2D eigenvalue weighted by molar-refractivity contribution is 7.84. The molecule has 0 spiro atoms. The minimum Gasteiger partial charge on any atom is -0.368 e. The number of nitrogen functional groups attached to an aromatic ring is 1. The normalized spacial score (nSPS) is 14.6. The van der Waals surface area contributed by atoms with E-state index in [0.29, 0.717) is 11.6 Å². The van der Waals surface area contributed by atoms with Gasteiger partial charge in [-0.2, -0.15) is 4.98 Å². The van der Waals surface area contributed by atoms with Gasteiger partial charge in [-0.05, 0) is 13.8 Å². The monoisotopic (exact) mass is 228 g/mol. The number of rotatable bonds is 4. The first-order valence-corrected chi connectivity index (χ1v) is 6.38. The van der Waals surface area contributed by atoms with Crippen molar-refractivity contribution in [3.63, 3.8) is 0 Å². The van der Waals surface area contributed by atoms with Crippen LogP contribution in [-0.4, -0.2) is 32.2 Å². The SMILES string of the molecule is Cc1cc(NC(C)CS(C)=O)nc(N)n1. The molecule has 0 fully saturated rings. The van der Waals surface area contributed by atoms with E-state index in [9.17, 15) is 4.21 Å². The first kappa shape index (κ1) is 11.9. The highest BCUT2D eigenvalue weighted by Gasteiger charge is 2.06. The molecule has 3 N–H and O–H groups in total. The van der Waals surface area contributed by atoms with Crippen LogP contribution in [0.3, 0.4) is 0 Å². The molecule has 0 aliphatic rings. The van der Waals surface area contributed by atoms with Gasteiger partial charge in [0.05, 0.1) is 0 Å². The van der Waals surface area contributed by atoms with Gasteiger partial charge in [-0.15, -0.1) is 0 Å². The maximum Gasteiger partial charge on any atom is 0.222 e. The molecule has 2 unspecified atom stereocenters. The molecule has 0 amide bonds. The summed E-state index contributed by atoms with van der Waals surface area (Å²) in [6.07, 6.45) is 1.68. The zero-order valence-electron chi connectivity index (χ0n) is 9.15. The third kappa shape index (κ3) is 4.24. The lowest BCUT2D eigenvalue weighted by Crippen LogP contribution is -2.23. The van der Waals surface area contributed by atoms with Crippen LogP contribution in [0.4, 0.5) is 11.8 Å². The standard InChI is InChI=1S/C9H16N4OS/c1-6-4-8(13-9(10)12-6)11-7(2)5-15(3)14/h4,7H,5H2,1-3H3,(H3,10,11,12,13). The smallest absolute Gasteiger partial charge is 0.222 e. The first-order valence-electron chi connectivity index (χ1n) is 4.65. The number of nitrogens with two attached hydrogens (primary N) is 1. The molecule has 0 saturated heterocycles. The van der Waals surface area contributed by atoms with Crippen LogP contribution in [0.15, 0.2) is 6.07 Å². The molecule has 1 aromatic heterocycles. The van der Waals surface area contributed by atoms with Crippen LogP contribution < -0.4 is 11.1 Å². The Bertz CT molecular complexity index is 349. The molecular formula is C9H16N4OS. The van der Waals surface area contributed by atoms with Crippen LogP contribution in [-0.2, 0) is 10.8 Å². The summed E-state index contributed by atoms with van der Waals surface area (Å²) in [6.45, 7) is 3.81. The second kappa shape index (κ2) is 5.06. The van der Waals surface area contributed by atoms with Crippen molar-refractivity contribution in [3.05, 3.63) is 11.8 Å². The van der Waals surface area contributed by atoms with Gasteiger partial charge in [-0.1, -0.05) is 0 Å². The summed E-state index contributed by atoms with van der Waals surface area (Å²) in [7, 11) is -0.817. The van der Waals surface area contributed by atoms with Crippen molar-refractivity contribution in [1.29, 1.82) is 0 Å². The molecule has 6 heteroatoms. The molecular weight excluding hydrogens is 212 g/mol. The zero-order valence-corrected chi connectivity index (χ0v) is 9.97. The summed E-state index contributed by atoms with van der Waals surface area (Å²) in [5, 5.41) is 3.13. The van der Waals surface area contributed by atoms with Gasteiger partial charge >= 0.3 is 0 Å². The molecule has 0 radical (unpaired) electrons. The van der Waals surface area contributed by atoms with Crippen molar-refractivity contribution >= 4 is 22.6 Å². The van der Waals surface area contributed by atoms with Crippen molar-refractivity contribution in [2.75, 3.05) is 23.1 Å². The third-order valence-electron chi connectivity index (χ3n) is 1.75. The molecule has 1 heterocycles. The molecule has 2 atom stereocenters. The Morgan fingerprint density at radius 3 is 2.80 bits per heavy atom. The minimum absolute atomic E-state index is 0.101. The van der Waals surface area contributed by atoms with Gasteiger partial charge in [-0.3, -0.25) is 4.21 Å². The fraction of sp³-hybridized carbons (Fsp3) is 0.556. The van der Waals surface area contributed by atoms with Crippen LogP contribution in [0.5, 0.6) is 0 Å². The number of hydrogen-bond donors (Lipinski definition) is 2. The van der Waals surface area contributed by atoms with E-state index >= 15 is 0 Å². The lowest BCUT2D eigenvalue weighted by atomic mass is 10.3. The predicted octanol–water partition coefficient (Wildman–Crippen LogP) is 0.546. The summed E-state index contributed by atoms with van der Waals surface area (Å²) < 4.78 is 11.0. The fourth-order valence-electron chi connectivity index (χ4n) is 1.31. The maximum atomic E-state index is 11.0. The van der Waals surface area contributed by atoms with Crippen molar-refractivity contribution in [1.82, 2.24) is 9.97 Å². The van der Waals surface area contributed by atoms with Gasteiger partial charge in [0.15, 0.2) is 0 Å². The van der Waals surface area contributed by atoms with Crippen molar-refractivity contribution < 1.29 is 4.21 Å². The molecule has 0 aromatic carbocycles. The van der Waals surface area contributed by atoms with Crippen LogP contribution in [0.25, 0.3) is 0 Å². The van der Waals surface area contributed by atoms with Gasteiger partial charge in [-0.25, -0.2) is 4.98 Å². The molecule has 1 aromatic rings. The summed E-state index contributed by atoms with van der Waals surface area (Å²) in [4.78, 5) is 8.01. The summed E-state index contributed by atoms with van der Waals surface area (Å²) in [5.41, 5.74) is 6.33. The second-order valence-electron chi connectivity index (χ2n) is 3.54. The highest BCUT2D eigenvalue weighted by Crippen LogP contribution is 2.08. The second-order valence-corrected chi connectivity index (χ2v) is 5.02. The number of hydrogen-bond acceptors (Lipinski definition) is 5. The molecule has 15 heavy (non-hydrogen) atoms. The number of nitrogens with zero attached hydrogens (tertiary/aromatic N) is 2. The average molecular weight is 228 g/mol. The van der Waals surface area contributed by atoms with E-state index in [-0.39, 0.29) is 12.0 Å².